The number of hydrogen-bond donors (Lipinski definition) is 1. The monoisotopic (exact) mass is 387 g/mol. The van der Waals surface area contributed by atoms with E-state index in [4.69, 9.17) is 23.2 Å². The molecule has 3 rings (SSSR count). The maximum atomic E-state index is 6.21. The number of anilines is 1. The smallest absolute Gasteiger partial charge is 0.0815 e. The van der Waals surface area contributed by atoms with Gasteiger partial charge < -0.3 is 5.32 Å². The molecular formula is C15H16BrCl2N3. The van der Waals surface area contributed by atoms with Crippen LogP contribution in [0.5, 0.6) is 0 Å². The van der Waals surface area contributed by atoms with Gasteiger partial charge in [-0.3, -0.25) is 4.68 Å². The Hall–Kier alpha value is -0.710. The molecule has 112 valence electrons. The fourth-order valence-corrected chi connectivity index (χ4v) is 4.08. The number of nitrogens with zero attached hydrogens (tertiary/aromatic N) is 2. The van der Waals surface area contributed by atoms with Crippen molar-refractivity contribution >= 4 is 44.8 Å². The van der Waals surface area contributed by atoms with Crippen LogP contribution in [-0.4, -0.2) is 9.78 Å². The van der Waals surface area contributed by atoms with Gasteiger partial charge in [-0.25, -0.2) is 0 Å². The summed E-state index contributed by atoms with van der Waals surface area (Å²) in [6.45, 7) is 0.612. The van der Waals surface area contributed by atoms with Crippen molar-refractivity contribution in [2.75, 3.05) is 5.32 Å². The van der Waals surface area contributed by atoms with Gasteiger partial charge in [-0.15, -0.1) is 0 Å². The van der Waals surface area contributed by atoms with Gasteiger partial charge in [0.1, 0.15) is 0 Å². The van der Waals surface area contributed by atoms with Gasteiger partial charge >= 0.3 is 0 Å². The number of benzene rings is 1. The summed E-state index contributed by atoms with van der Waals surface area (Å²) < 4.78 is 2.96. The van der Waals surface area contributed by atoms with Crippen molar-refractivity contribution in [1.82, 2.24) is 9.78 Å². The molecular weight excluding hydrogens is 373 g/mol. The summed E-state index contributed by atoms with van der Waals surface area (Å²) in [4.78, 5) is 0. The summed E-state index contributed by atoms with van der Waals surface area (Å²) in [7, 11) is 0. The molecule has 1 aromatic heterocycles. The number of rotatable bonds is 4. The number of aromatic nitrogens is 2. The fourth-order valence-electron chi connectivity index (χ4n) is 2.73. The highest BCUT2D eigenvalue weighted by Gasteiger charge is 2.17. The molecule has 0 aliphatic heterocycles. The summed E-state index contributed by atoms with van der Waals surface area (Å²) in [6, 6.07) is 6.27. The van der Waals surface area contributed by atoms with Gasteiger partial charge in [0, 0.05) is 10.7 Å². The quantitative estimate of drug-likeness (QED) is 0.729. The normalized spacial score (nSPS) is 15.6. The van der Waals surface area contributed by atoms with Crippen molar-refractivity contribution in [3.05, 3.63) is 44.6 Å². The predicted molar refractivity (Wildman–Crippen MR) is 91.2 cm³/mol. The van der Waals surface area contributed by atoms with Crippen molar-refractivity contribution in [3.63, 3.8) is 0 Å². The van der Waals surface area contributed by atoms with Crippen molar-refractivity contribution in [2.24, 2.45) is 0 Å². The average molecular weight is 389 g/mol. The number of halogens is 3. The van der Waals surface area contributed by atoms with E-state index in [0.29, 0.717) is 22.6 Å². The van der Waals surface area contributed by atoms with E-state index in [1.54, 1.807) is 0 Å². The van der Waals surface area contributed by atoms with Gasteiger partial charge in [-0.2, -0.15) is 5.10 Å². The predicted octanol–water partition coefficient (Wildman–Crippen LogP) is 5.68. The van der Waals surface area contributed by atoms with Crippen LogP contribution in [-0.2, 0) is 6.54 Å². The lowest BCUT2D eigenvalue weighted by Gasteiger charge is -2.11. The molecule has 0 atom stereocenters. The molecule has 1 saturated carbocycles. The Morgan fingerprint density at radius 1 is 1.24 bits per heavy atom. The van der Waals surface area contributed by atoms with Gasteiger partial charge in [-0.1, -0.05) is 52.0 Å². The van der Waals surface area contributed by atoms with E-state index in [0.717, 1.165) is 15.9 Å². The minimum Gasteiger partial charge on any atom is -0.377 e. The zero-order valence-electron chi connectivity index (χ0n) is 11.5. The molecule has 1 N–H and O–H groups in total. The molecule has 21 heavy (non-hydrogen) atoms. The van der Waals surface area contributed by atoms with Gasteiger partial charge in [0.25, 0.3) is 0 Å². The van der Waals surface area contributed by atoms with Crippen LogP contribution in [0.1, 0.15) is 37.4 Å². The zero-order chi connectivity index (χ0) is 14.8. The van der Waals surface area contributed by atoms with E-state index in [-0.39, 0.29) is 0 Å². The van der Waals surface area contributed by atoms with Crippen molar-refractivity contribution in [2.45, 2.75) is 38.3 Å². The third-order valence-corrected chi connectivity index (χ3v) is 4.87. The standard InChI is InChI=1S/C15H16BrCl2N3/c16-10-7-13(17)15(14(18)8-10)19-9-11-5-6-21(20-11)12-3-1-2-4-12/h5-8,12,19H,1-4,9H2. The molecule has 0 saturated heterocycles. The van der Waals surface area contributed by atoms with Crippen LogP contribution < -0.4 is 5.32 Å². The topological polar surface area (TPSA) is 29.9 Å². The van der Waals surface area contributed by atoms with E-state index in [1.807, 2.05) is 18.2 Å². The Labute approximate surface area is 142 Å². The van der Waals surface area contributed by atoms with Gasteiger partial charge in [-0.05, 0) is 31.0 Å². The average Bonchev–Trinajstić information content (AvgIpc) is 3.08. The van der Waals surface area contributed by atoms with E-state index < -0.39 is 0 Å². The second-order valence-electron chi connectivity index (χ2n) is 5.32. The van der Waals surface area contributed by atoms with Crippen molar-refractivity contribution in [3.8, 4) is 0 Å². The third-order valence-electron chi connectivity index (χ3n) is 3.82. The third kappa shape index (κ3) is 3.55. The van der Waals surface area contributed by atoms with Crippen molar-refractivity contribution in [1.29, 1.82) is 0 Å². The molecule has 0 amide bonds. The van der Waals surface area contributed by atoms with Crippen LogP contribution in [0.25, 0.3) is 0 Å². The molecule has 1 heterocycles. The number of nitrogens with one attached hydrogen (secondary N) is 1. The van der Waals surface area contributed by atoms with Crippen LogP contribution >= 0.6 is 39.1 Å². The van der Waals surface area contributed by atoms with E-state index >= 15 is 0 Å². The first-order valence-electron chi connectivity index (χ1n) is 7.06. The lowest BCUT2D eigenvalue weighted by molar-refractivity contribution is 0.463. The summed E-state index contributed by atoms with van der Waals surface area (Å²) in [5.74, 6) is 0. The second kappa shape index (κ2) is 6.59. The Kier molecular flexibility index (Phi) is 4.77. The SMILES string of the molecule is Clc1cc(Br)cc(Cl)c1NCc1ccn(C2CCCC2)n1. The molecule has 2 aromatic rings. The second-order valence-corrected chi connectivity index (χ2v) is 7.05. The van der Waals surface area contributed by atoms with E-state index in [1.165, 1.54) is 25.7 Å². The summed E-state index contributed by atoms with van der Waals surface area (Å²) >= 11 is 15.8. The van der Waals surface area contributed by atoms with Gasteiger partial charge in [0.15, 0.2) is 0 Å². The van der Waals surface area contributed by atoms with E-state index in [9.17, 15) is 0 Å². The van der Waals surface area contributed by atoms with Crippen LogP contribution in [0.15, 0.2) is 28.9 Å². The minimum atomic E-state index is 0.568. The highest BCUT2D eigenvalue weighted by Crippen LogP contribution is 2.34. The lowest BCUT2D eigenvalue weighted by atomic mass is 10.3. The van der Waals surface area contributed by atoms with Crippen LogP contribution in [0.4, 0.5) is 5.69 Å². The summed E-state index contributed by atoms with van der Waals surface area (Å²) in [6.07, 6.45) is 7.15. The Bertz CT molecular complexity index is 613. The van der Waals surface area contributed by atoms with Crippen LogP contribution in [0.3, 0.4) is 0 Å². The van der Waals surface area contributed by atoms with Crippen molar-refractivity contribution < 1.29 is 0 Å². The first-order valence-corrected chi connectivity index (χ1v) is 8.61. The lowest BCUT2D eigenvalue weighted by Crippen LogP contribution is -2.07. The zero-order valence-corrected chi connectivity index (χ0v) is 14.5. The first kappa shape index (κ1) is 15.2. The van der Waals surface area contributed by atoms with Gasteiger partial charge in [0.2, 0.25) is 0 Å². The maximum Gasteiger partial charge on any atom is 0.0815 e. The molecule has 0 radical (unpaired) electrons. The number of hydrogen-bond acceptors (Lipinski definition) is 2. The summed E-state index contributed by atoms with van der Waals surface area (Å²) in [5, 5.41) is 9.11. The minimum absolute atomic E-state index is 0.568. The Morgan fingerprint density at radius 2 is 1.90 bits per heavy atom. The molecule has 0 spiro atoms. The fraction of sp³-hybridized carbons (Fsp3) is 0.400. The Morgan fingerprint density at radius 3 is 2.57 bits per heavy atom. The highest BCUT2D eigenvalue weighted by molar-refractivity contribution is 9.10. The summed E-state index contributed by atoms with van der Waals surface area (Å²) in [5.41, 5.74) is 1.74. The largest absolute Gasteiger partial charge is 0.377 e. The van der Waals surface area contributed by atoms with Gasteiger partial charge in [0.05, 0.1) is 34.0 Å². The first-order chi connectivity index (χ1) is 10.1. The molecule has 1 aliphatic carbocycles. The molecule has 1 aliphatic rings. The molecule has 1 fully saturated rings. The molecule has 0 bridgehead atoms. The molecule has 3 nitrogen and oxygen atoms in total. The van der Waals surface area contributed by atoms with E-state index in [2.05, 4.69) is 37.2 Å². The highest BCUT2D eigenvalue weighted by atomic mass is 79.9. The molecule has 6 heteroatoms. The molecule has 1 aromatic carbocycles. The maximum absolute atomic E-state index is 6.21. The van der Waals surface area contributed by atoms with Crippen LogP contribution in [0, 0.1) is 0 Å². The van der Waals surface area contributed by atoms with Crippen LogP contribution in [0.2, 0.25) is 10.0 Å². The Balaban J connectivity index is 1.68. The molecule has 0 unspecified atom stereocenters.